The van der Waals surface area contributed by atoms with Crippen molar-refractivity contribution in [1.29, 1.82) is 0 Å². The number of halogens is 3. The number of hydrogen-bond donors (Lipinski definition) is 1. The Labute approximate surface area is 175 Å². The van der Waals surface area contributed by atoms with Gasteiger partial charge in [-0.1, -0.05) is 23.7 Å². The molecule has 0 amide bonds. The predicted molar refractivity (Wildman–Crippen MR) is 109 cm³/mol. The first kappa shape index (κ1) is 19.2. The van der Waals surface area contributed by atoms with Crippen LogP contribution in [0, 0.1) is 5.82 Å². The topological polar surface area (TPSA) is 62.5 Å². The molecule has 1 aromatic heterocycles. The summed E-state index contributed by atoms with van der Waals surface area (Å²) < 4.78 is 30.4. The van der Waals surface area contributed by atoms with Crippen molar-refractivity contribution in [1.82, 2.24) is 9.47 Å². The van der Waals surface area contributed by atoms with Crippen molar-refractivity contribution < 1.29 is 18.7 Å². The maximum absolute atomic E-state index is 15.2. The molecule has 0 saturated heterocycles. The van der Waals surface area contributed by atoms with Gasteiger partial charge in [0.2, 0.25) is 5.43 Å². The lowest BCUT2D eigenvalue weighted by Gasteiger charge is -2.16. The number of carboxylic acids is 1. The number of carbonyl (C=O) groups is 1. The van der Waals surface area contributed by atoms with Gasteiger partial charge in [0.1, 0.15) is 17.6 Å². The first-order chi connectivity index (χ1) is 14.3. The summed E-state index contributed by atoms with van der Waals surface area (Å²) >= 11 is 6.61. The Bertz CT molecular complexity index is 1300. The van der Waals surface area contributed by atoms with Crippen LogP contribution in [-0.4, -0.2) is 33.8 Å². The van der Waals surface area contributed by atoms with E-state index in [-0.39, 0.29) is 27.9 Å². The van der Waals surface area contributed by atoms with E-state index in [9.17, 15) is 19.1 Å². The number of rotatable bonds is 3. The van der Waals surface area contributed by atoms with E-state index in [0.717, 1.165) is 36.5 Å². The number of hydrogen-bond acceptors (Lipinski definition) is 3. The standard InChI is InChI=1S/C22H17ClF2N2O3/c1-26-7-11-3-2-10(4-12(11)8-26)18-16(25)5-13-20(19(18)23)27(17-6-15(17)24)9-14(21(13)28)22(29)30/h2-5,9,15,17H,6-8H2,1H3,(H,29,30)/t15-,17+/m0/s1. The SMILES string of the molecule is CN1Cc2ccc(-c3c(F)cc4c(=O)c(C(=O)O)cn([C@@H]5C[C@@H]5F)c4c3Cl)cc2C1. The summed E-state index contributed by atoms with van der Waals surface area (Å²) in [6.07, 6.45) is 0.130. The molecule has 8 heteroatoms. The molecule has 0 spiro atoms. The van der Waals surface area contributed by atoms with Crippen molar-refractivity contribution in [3.05, 3.63) is 68.2 Å². The van der Waals surface area contributed by atoms with E-state index < -0.39 is 35.0 Å². The fraction of sp³-hybridized carbons (Fsp3) is 0.273. The molecule has 30 heavy (non-hydrogen) atoms. The summed E-state index contributed by atoms with van der Waals surface area (Å²) in [6.45, 7) is 1.54. The molecule has 3 aromatic rings. The Morgan fingerprint density at radius 2 is 1.93 bits per heavy atom. The molecule has 2 aromatic carbocycles. The van der Waals surface area contributed by atoms with Crippen molar-refractivity contribution in [2.24, 2.45) is 0 Å². The lowest BCUT2D eigenvalue weighted by molar-refractivity contribution is 0.0694. The van der Waals surface area contributed by atoms with Crippen LogP contribution in [-0.2, 0) is 13.1 Å². The highest BCUT2D eigenvalue weighted by atomic mass is 35.5. The van der Waals surface area contributed by atoms with Crippen LogP contribution in [0.1, 0.15) is 33.9 Å². The lowest BCUT2D eigenvalue weighted by atomic mass is 9.98. The van der Waals surface area contributed by atoms with Gasteiger partial charge in [0.15, 0.2) is 0 Å². The second kappa shape index (κ2) is 6.62. The highest BCUT2D eigenvalue weighted by Crippen LogP contribution is 2.44. The Hall–Kier alpha value is -2.77. The second-order valence-electron chi connectivity index (χ2n) is 8.00. The van der Waals surface area contributed by atoms with E-state index >= 15 is 4.39 Å². The number of carboxylic acid groups (broad SMARTS) is 1. The molecule has 2 atom stereocenters. The first-order valence-electron chi connectivity index (χ1n) is 9.51. The monoisotopic (exact) mass is 430 g/mol. The summed E-state index contributed by atoms with van der Waals surface area (Å²) in [5.41, 5.74) is 1.68. The molecule has 5 nitrogen and oxygen atoms in total. The van der Waals surface area contributed by atoms with E-state index in [1.165, 1.54) is 4.57 Å². The Morgan fingerprint density at radius 1 is 1.23 bits per heavy atom. The van der Waals surface area contributed by atoms with Crippen LogP contribution >= 0.6 is 11.6 Å². The molecule has 1 aliphatic heterocycles. The third kappa shape index (κ3) is 2.84. The lowest BCUT2D eigenvalue weighted by Crippen LogP contribution is -2.19. The quantitative estimate of drug-likeness (QED) is 0.669. The fourth-order valence-electron chi connectivity index (χ4n) is 4.28. The van der Waals surface area contributed by atoms with Gasteiger partial charge >= 0.3 is 5.97 Å². The summed E-state index contributed by atoms with van der Waals surface area (Å²) in [4.78, 5) is 26.3. The van der Waals surface area contributed by atoms with Crippen LogP contribution in [0.25, 0.3) is 22.0 Å². The second-order valence-corrected chi connectivity index (χ2v) is 8.38. The molecule has 1 aliphatic carbocycles. The number of nitrogens with zero attached hydrogens (tertiary/aromatic N) is 2. The van der Waals surface area contributed by atoms with E-state index in [0.29, 0.717) is 5.56 Å². The van der Waals surface area contributed by atoms with Crippen molar-refractivity contribution in [3.63, 3.8) is 0 Å². The predicted octanol–water partition coefficient (Wildman–Crippen LogP) is 4.39. The minimum atomic E-state index is -1.45. The Morgan fingerprint density at radius 3 is 2.60 bits per heavy atom. The number of alkyl halides is 1. The maximum Gasteiger partial charge on any atom is 0.341 e. The van der Waals surface area contributed by atoms with Gasteiger partial charge in [-0.3, -0.25) is 9.69 Å². The summed E-state index contributed by atoms with van der Waals surface area (Å²) in [5, 5.41) is 9.17. The number of aromatic carboxylic acids is 1. The van der Waals surface area contributed by atoms with E-state index in [2.05, 4.69) is 4.90 Å². The van der Waals surface area contributed by atoms with Crippen LogP contribution in [0.4, 0.5) is 8.78 Å². The van der Waals surface area contributed by atoms with Gasteiger partial charge in [-0.2, -0.15) is 0 Å². The Kier molecular flexibility index (Phi) is 4.24. The zero-order valence-electron chi connectivity index (χ0n) is 16.0. The van der Waals surface area contributed by atoms with Crippen molar-refractivity contribution in [2.75, 3.05) is 7.05 Å². The molecule has 0 unspecified atom stereocenters. The van der Waals surface area contributed by atoms with Gasteiger partial charge in [-0.25, -0.2) is 13.6 Å². The summed E-state index contributed by atoms with van der Waals surface area (Å²) in [6, 6.07) is 5.95. The number of aromatic nitrogens is 1. The molecule has 2 heterocycles. The average molecular weight is 431 g/mol. The fourth-order valence-corrected chi connectivity index (χ4v) is 4.68. The Balaban J connectivity index is 1.80. The van der Waals surface area contributed by atoms with Crippen LogP contribution in [0.15, 0.2) is 35.3 Å². The molecule has 1 fully saturated rings. The van der Waals surface area contributed by atoms with Gasteiger partial charge in [-0.05, 0) is 35.9 Å². The zero-order valence-corrected chi connectivity index (χ0v) is 16.7. The van der Waals surface area contributed by atoms with Crippen molar-refractivity contribution in [3.8, 4) is 11.1 Å². The van der Waals surface area contributed by atoms with Crippen LogP contribution in [0.5, 0.6) is 0 Å². The minimum absolute atomic E-state index is 0.0237. The van der Waals surface area contributed by atoms with Crippen LogP contribution < -0.4 is 5.43 Å². The van der Waals surface area contributed by atoms with Crippen LogP contribution in [0.3, 0.4) is 0 Å². The molecule has 1 N–H and O–H groups in total. The number of fused-ring (bicyclic) bond motifs is 2. The molecule has 5 rings (SSSR count). The molecule has 1 saturated carbocycles. The molecule has 0 bridgehead atoms. The highest BCUT2D eigenvalue weighted by molar-refractivity contribution is 6.38. The van der Waals surface area contributed by atoms with Gasteiger partial charge in [0.25, 0.3) is 0 Å². The van der Waals surface area contributed by atoms with Crippen molar-refractivity contribution in [2.45, 2.75) is 31.7 Å². The normalized spacial score (nSPS) is 20.5. The third-order valence-electron chi connectivity index (χ3n) is 5.85. The zero-order chi connectivity index (χ0) is 21.3. The molecule has 0 radical (unpaired) electrons. The van der Waals surface area contributed by atoms with Gasteiger partial charge in [0, 0.05) is 31.3 Å². The molecule has 2 aliphatic rings. The molecule has 154 valence electrons. The first-order valence-corrected chi connectivity index (χ1v) is 9.89. The number of benzene rings is 2. The van der Waals surface area contributed by atoms with E-state index in [1.807, 2.05) is 19.2 Å². The largest absolute Gasteiger partial charge is 0.477 e. The van der Waals surface area contributed by atoms with E-state index in [1.54, 1.807) is 6.07 Å². The van der Waals surface area contributed by atoms with Crippen LogP contribution in [0.2, 0.25) is 5.02 Å². The summed E-state index contributed by atoms with van der Waals surface area (Å²) in [7, 11) is 1.99. The molecular weight excluding hydrogens is 414 g/mol. The van der Waals surface area contributed by atoms with Gasteiger partial charge in [-0.15, -0.1) is 0 Å². The maximum atomic E-state index is 15.2. The average Bonchev–Trinajstić information content (AvgIpc) is 3.28. The highest BCUT2D eigenvalue weighted by Gasteiger charge is 2.40. The smallest absolute Gasteiger partial charge is 0.341 e. The minimum Gasteiger partial charge on any atom is -0.477 e. The third-order valence-corrected chi connectivity index (χ3v) is 6.22. The van der Waals surface area contributed by atoms with Gasteiger partial charge < -0.3 is 9.67 Å². The summed E-state index contributed by atoms with van der Waals surface area (Å²) in [5.74, 6) is -2.17. The molecular formula is C22H17ClF2N2O3. The van der Waals surface area contributed by atoms with Gasteiger partial charge in [0.05, 0.1) is 22.0 Å². The number of pyridine rings is 1. The van der Waals surface area contributed by atoms with Crippen molar-refractivity contribution >= 4 is 28.5 Å². The van der Waals surface area contributed by atoms with E-state index in [4.69, 9.17) is 11.6 Å².